The molecule has 0 bridgehead atoms. The number of para-hydroxylation sites is 1. The molecule has 7 heteroatoms. The first-order valence-corrected chi connectivity index (χ1v) is 20.3. The standard InChI is InChI=1S/C38H36N2O3SSi/c1-25-8-4-6-10-31(25)38-32-15-12-28(39-20-18-26-9-5-7-11-34(26)39)23-36(32)45(2,3)37-24-29(13-16-33(37)38)40-21-19-27-22-30(44(41,42)43)14-17-35(27)40/h4-17,22-24,33,38H,18-21H2,1-3H3/p+1/b40-29+. The quantitative estimate of drug-likeness (QED) is 0.151. The molecule has 0 saturated carbocycles. The Morgan fingerprint density at radius 3 is 2.51 bits per heavy atom. The van der Waals surface area contributed by atoms with Crippen LogP contribution in [0.5, 0.6) is 0 Å². The van der Waals surface area contributed by atoms with E-state index >= 15 is 0 Å². The molecule has 0 saturated heterocycles. The van der Waals surface area contributed by atoms with E-state index in [9.17, 15) is 13.0 Å². The van der Waals surface area contributed by atoms with E-state index in [-0.39, 0.29) is 16.7 Å². The summed E-state index contributed by atoms with van der Waals surface area (Å²) in [5.41, 5.74) is 11.3. The third-order valence-electron chi connectivity index (χ3n) is 10.5. The summed E-state index contributed by atoms with van der Waals surface area (Å²) in [6.45, 7) is 9.02. The number of hydrogen-bond donors (Lipinski definition) is 1. The minimum Gasteiger partial charge on any atom is -0.341 e. The van der Waals surface area contributed by atoms with E-state index in [1.54, 1.807) is 6.07 Å². The molecule has 0 spiro atoms. The van der Waals surface area contributed by atoms with Crippen molar-refractivity contribution in [2.75, 3.05) is 18.0 Å². The summed E-state index contributed by atoms with van der Waals surface area (Å²) in [5.74, 6) is 0.500. The fourth-order valence-corrected chi connectivity index (χ4v) is 12.2. The van der Waals surface area contributed by atoms with Crippen molar-refractivity contribution in [1.82, 2.24) is 0 Å². The highest BCUT2D eigenvalue weighted by Crippen LogP contribution is 2.48. The molecule has 1 aliphatic carbocycles. The van der Waals surface area contributed by atoms with Crippen LogP contribution in [0.15, 0.2) is 113 Å². The molecule has 1 N–H and O–H groups in total. The lowest BCUT2D eigenvalue weighted by molar-refractivity contribution is -0.427. The van der Waals surface area contributed by atoms with Crippen molar-refractivity contribution >= 4 is 46.2 Å². The summed E-state index contributed by atoms with van der Waals surface area (Å²) in [5, 5.41) is 3.04. The number of anilines is 2. The van der Waals surface area contributed by atoms with Gasteiger partial charge in [0.1, 0.15) is 8.07 Å². The van der Waals surface area contributed by atoms with Crippen LogP contribution in [-0.4, -0.2) is 44.4 Å². The Morgan fingerprint density at radius 2 is 1.69 bits per heavy atom. The van der Waals surface area contributed by atoms with Gasteiger partial charge in [-0.25, -0.2) is 0 Å². The van der Waals surface area contributed by atoms with Crippen molar-refractivity contribution in [2.45, 2.75) is 43.7 Å². The largest absolute Gasteiger partial charge is 0.341 e. The van der Waals surface area contributed by atoms with Gasteiger partial charge in [-0.1, -0.05) is 72.9 Å². The van der Waals surface area contributed by atoms with Crippen molar-refractivity contribution in [3.63, 3.8) is 0 Å². The number of hydrogen-bond acceptors (Lipinski definition) is 3. The number of fused-ring (bicyclic) bond motifs is 4. The maximum atomic E-state index is 11.8. The molecule has 8 rings (SSSR count). The molecular weight excluding hydrogens is 593 g/mol. The Labute approximate surface area is 266 Å². The molecule has 0 fully saturated rings. The smallest absolute Gasteiger partial charge is 0.294 e. The van der Waals surface area contributed by atoms with Crippen LogP contribution in [0.4, 0.5) is 17.1 Å². The molecule has 226 valence electrons. The Morgan fingerprint density at radius 1 is 0.889 bits per heavy atom. The van der Waals surface area contributed by atoms with Gasteiger partial charge < -0.3 is 4.90 Å². The van der Waals surface area contributed by atoms with Crippen LogP contribution in [-0.2, 0) is 23.0 Å². The van der Waals surface area contributed by atoms with Crippen LogP contribution in [0.1, 0.15) is 33.7 Å². The molecule has 4 aliphatic rings. The van der Waals surface area contributed by atoms with Gasteiger partial charge in [0.05, 0.1) is 4.90 Å². The maximum absolute atomic E-state index is 11.8. The first-order valence-electron chi connectivity index (χ1n) is 15.8. The third kappa shape index (κ3) is 4.51. The van der Waals surface area contributed by atoms with Crippen LogP contribution < -0.4 is 10.1 Å². The fourth-order valence-electron chi connectivity index (χ4n) is 8.25. The molecule has 2 atom stereocenters. The Hall–Kier alpha value is -4.04. The van der Waals surface area contributed by atoms with Gasteiger partial charge in [0.15, 0.2) is 6.54 Å². The summed E-state index contributed by atoms with van der Waals surface area (Å²) in [7, 11) is -6.37. The van der Waals surface area contributed by atoms with Crippen molar-refractivity contribution < 1.29 is 17.5 Å². The lowest BCUT2D eigenvalue weighted by atomic mass is 9.76. The molecule has 0 radical (unpaired) electrons. The van der Waals surface area contributed by atoms with Crippen LogP contribution in [0.3, 0.4) is 0 Å². The van der Waals surface area contributed by atoms with Gasteiger partial charge in [-0.05, 0) is 71.1 Å². The van der Waals surface area contributed by atoms with Gasteiger partial charge in [-0.3, -0.25) is 4.55 Å². The summed E-state index contributed by atoms with van der Waals surface area (Å²) < 4.78 is 35.5. The fraction of sp³-hybridized carbons (Fsp3) is 0.237. The second kappa shape index (κ2) is 10.2. The predicted molar refractivity (Wildman–Crippen MR) is 184 cm³/mol. The van der Waals surface area contributed by atoms with Gasteiger partial charge in [0, 0.05) is 60.0 Å². The number of allylic oxidation sites excluding steroid dienone is 4. The topological polar surface area (TPSA) is 60.6 Å². The van der Waals surface area contributed by atoms with E-state index < -0.39 is 18.2 Å². The molecule has 45 heavy (non-hydrogen) atoms. The van der Waals surface area contributed by atoms with Gasteiger partial charge in [0.2, 0.25) is 11.4 Å². The molecule has 5 nitrogen and oxygen atoms in total. The highest BCUT2D eigenvalue weighted by molar-refractivity contribution is 7.85. The second-order valence-electron chi connectivity index (χ2n) is 13.3. The van der Waals surface area contributed by atoms with Crippen LogP contribution in [0.2, 0.25) is 13.1 Å². The zero-order chi connectivity index (χ0) is 31.1. The first-order chi connectivity index (χ1) is 21.6. The molecule has 2 unspecified atom stereocenters. The van der Waals surface area contributed by atoms with Crippen molar-refractivity contribution in [1.29, 1.82) is 0 Å². The van der Waals surface area contributed by atoms with Crippen molar-refractivity contribution in [3.8, 4) is 0 Å². The van der Waals surface area contributed by atoms with E-state index in [1.165, 1.54) is 50.1 Å². The third-order valence-corrected chi connectivity index (χ3v) is 15.1. The van der Waals surface area contributed by atoms with E-state index in [0.29, 0.717) is 0 Å². The predicted octanol–water partition coefficient (Wildman–Crippen LogP) is 6.99. The van der Waals surface area contributed by atoms with Crippen LogP contribution in [0, 0.1) is 12.8 Å². The maximum Gasteiger partial charge on any atom is 0.294 e. The van der Waals surface area contributed by atoms with Gasteiger partial charge in [0.25, 0.3) is 10.1 Å². The number of benzene rings is 4. The summed E-state index contributed by atoms with van der Waals surface area (Å²) >= 11 is 0. The molecule has 3 aliphatic heterocycles. The van der Waals surface area contributed by atoms with E-state index in [4.69, 9.17) is 0 Å². The van der Waals surface area contributed by atoms with Crippen LogP contribution >= 0.6 is 0 Å². The van der Waals surface area contributed by atoms with Gasteiger partial charge in [-0.2, -0.15) is 13.0 Å². The van der Waals surface area contributed by atoms with E-state index in [0.717, 1.165) is 42.9 Å². The first kappa shape index (κ1) is 28.4. The summed E-state index contributed by atoms with van der Waals surface area (Å²) in [4.78, 5) is 2.45. The number of rotatable bonds is 3. The second-order valence-corrected chi connectivity index (χ2v) is 19.1. The normalized spacial score (nSPS) is 22.8. The minimum absolute atomic E-state index is 0.0411. The molecule has 0 amide bonds. The van der Waals surface area contributed by atoms with Crippen LogP contribution in [0.25, 0.3) is 0 Å². The molecule has 4 aromatic carbocycles. The number of nitrogens with zero attached hydrogens (tertiary/aromatic N) is 2. The average molecular weight is 630 g/mol. The van der Waals surface area contributed by atoms with Crippen molar-refractivity contribution in [2.24, 2.45) is 5.92 Å². The van der Waals surface area contributed by atoms with E-state index in [1.807, 2.05) is 6.07 Å². The zero-order valence-electron chi connectivity index (χ0n) is 25.9. The monoisotopic (exact) mass is 629 g/mol. The SMILES string of the molecule is Cc1ccccc1C1c2ccc(N3CCc4ccccc43)cc2[Si](C)(C)C2=C/C(=[N+]3\CCc4cc(S(=O)(=O)O)ccc43)C=CC21. The Bertz CT molecular complexity index is 2110. The minimum atomic E-state index is -4.24. The molecule has 3 heterocycles. The number of aryl methyl sites for hydroxylation is 1. The highest BCUT2D eigenvalue weighted by Gasteiger charge is 2.46. The van der Waals surface area contributed by atoms with Gasteiger partial charge >= 0.3 is 0 Å². The lowest BCUT2D eigenvalue weighted by Gasteiger charge is -2.45. The zero-order valence-corrected chi connectivity index (χ0v) is 27.7. The Kier molecular flexibility index (Phi) is 6.47. The van der Waals surface area contributed by atoms with Crippen molar-refractivity contribution in [3.05, 3.63) is 136 Å². The summed E-state index contributed by atoms with van der Waals surface area (Å²) in [6, 6.07) is 29.9. The molecular formula is C38H37N2O3SSi+. The lowest BCUT2D eigenvalue weighted by Crippen LogP contribution is -2.54. The van der Waals surface area contributed by atoms with Gasteiger partial charge in [-0.15, -0.1) is 0 Å². The summed E-state index contributed by atoms with van der Waals surface area (Å²) in [6.07, 6.45) is 8.96. The average Bonchev–Trinajstić information content (AvgIpc) is 3.66. The molecule has 4 aromatic rings. The van der Waals surface area contributed by atoms with E-state index in [2.05, 4.69) is 114 Å². The highest BCUT2D eigenvalue weighted by atomic mass is 32.2. The Balaban J connectivity index is 1.29. The molecule has 0 aromatic heterocycles.